The number of hydrogen-bond acceptors (Lipinski definition) is 11. The fourth-order valence-electron chi connectivity index (χ4n) is 5.99. The number of benzene rings is 3. The zero-order valence-electron chi connectivity index (χ0n) is 33.6. The number of phenols is 1. The number of nitrogens with one attached hydrogen (secondary N) is 6. The highest BCUT2D eigenvalue weighted by Crippen LogP contribution is 2.12. The zero-order chi connectivity index (χ0) is 44.2. The van der Waals surface area contributed by atoms with Crippen LogP contribution >= 0.6 is 0 Å². The Balaban J connectivity index is 1.69. The summed E-state index contributed by atoms with van der Waals surface area (Å²) in [5, 5.41) is 44.5. The van der Waals surface area contributed by atoms with Gasteiger partial charge in [0.15, 0.2) is 0 Å². The van der Waals surface area contributed by atoms with Gasteiger partial charge in [-0.05, 0) is 74.9 Å². The molecule has 0 aliphatic heterocycles. The third kappa shape index (κ3) is 16.5. The number of hydrogen-bond donors (Lipinski definition) is 11. The maximum atomic E-state index is 14.0. The first-order chi connectivity index (χ1) is 28.6. The molecule has 0 aromatic heterocycles. The van der Waals surface area contributed by atoms with Gasteiger partial charge in [-0.3, -0.25) is 28.8 Å². The lowest BCUT2D eigenvalue weighted by molar-refractivity contribution is -0.142. The molecule has 0 aliphatic rings. The molecule has 0 fully saturated rings. The van der Waals surface area contributed by atoms with E-state index in [9.17, 15) is 48.9 Å². The molecule has 0 radical (unpaired) electrons. The Labute approximate surface area is 348 Å². The van der Waals surface area contributed by atoms with Crippen molar-refractivity contribution in [1.82, 2.24) is 31.9 Å². The second-order valence-corrected chi connectivity index (χ2v) is 14.4. The Kier molecular flexibility index (Phi) is 19.6. The van der Waals surface area contributed by atoms with Crippen molar-refractivity contribution in [2.45, 2.75) is 94.7 Å². The summed E-state index contributed by atoms with van der Waals surface area (Å²) < 4.78 is 0. The molecule has 0 spiro atoms. The van der Waals surface area contributed by atoms with Crippen LogP contribution in [0.25, 0.3) is 0 Å². The van der Waals surface area contributed by atoms with Gasteiger partial charge in [-0.1, -0.05) is 72.8 Å². The lowest BCUT2D eigenvalue weighted by Gasteiger charge is -2.26. The van der Waals surface area contributed by atoms with E-state index in [1.165, 1.54) is 26.0 Å². The molecule has 13 N–H and O–H groups in total. The summed E-state index contributed by atoms with van der Waals surface area (Å²) in [5.41, 5.74) is 13.5. The van der Waals surface area contributed by atoms with Crippen molar-refractivity contribution < 1.29 is 48.9 Å². The fourth-order valence-corrected chi connectivity index (χ4v) is 5.99. The van der Waals surface area contributed by atoms with Crippen LogP contribution in [-0.4, -0.2) is 112 Å². The number of aromatic hydroxyl groups is 1. The highest BCUT2D eigenvalue weighted by molar-refractivity contribution is 5.96. The Hall–Kier alpha value is -6.37. The van der Waals surface area contributed by atoms with Crippen LogP contribution in [0, 0.1) is 0 Å². The molecule has 0 heterocycles. The summed E-state index contributed by atoms with van der Waals surface area (Å²) in [4.78, 5) is 91.7. The highest BCUT2D eigenvalue weighted by atomic mass is 16.4. The minimum absolute atomic E-state index is 0.00520. The number of aliphatic hydroxyl groups excluding tert-OH is 1. The van der Waals surface area contributed by atoms with Gasteiger partial charge in [0.25, 0.3) is 0 Å². The van der Waals surface area contributed by atoms with E-state index in [0.29, 0.717) is 36.1 Å². The van der Waals surface area contributed by atoms with E-state index in [0.717, 1.165) is 0 Å². The smallest absolute Gasteiger partial charge is 0.326 e. The van der Waals surface area contributed by atoms with Gasteiger partial charge in [-0.15, -0.1) is 0 Å². The summed E-state index contributed by atoms with van der Waals surface area (Å²) in [7, 11) is 0. The molecule has 3 aromatic rings. The number of nitrogens with two attached hydrogens (primary N) is 2. The van der Waals surface area contributed by atoms with Gasteiger partial charge in [0.2, 0.25) is 35.4 Å². The SMILES string of the molecule is C[C@H](NC(=O)[C@@H](NC(=O)CNC(=O)[C@@H](N)Cc1ccc(O)cc1)[C@@H](C)O)C(=O)N[C@@H](Cc1ccccc1)C(=O)N[C@@H](Cc1ccccc1)C(=O)N[C@@H](CCCCN)C(=O)O. The molecular formula is C42H56N8O10. The molecule has 0 bridgehead atoms. The first-order valence-corrected chi connectivity index (χ1v) is 19.6. The Morgan fingerprint density at radius 2 is 1.10 bits per heavy atom. The lowest BCUT2D eigenvalue weighted by atomic mass is 10.0. The van der Waals surface area contributed by atoms with E-state index in [2.05, 4.69) is 31.9 Å². The van der Waals surface area contributed by atoms with Crippen LogP contribution in [0.3, 0.4) is 0 Å². The summed E-state index contributed by atoms with van der Waals surface area (Å²) in [5.74, 6) is -5.98. The first-order valence-electron chi connectivity index (χ1n) is 19.6. The van der Waals surface area contributed by atoms with Crippen molar-refractivity contribution in [3.63, 3.8) is 0 Å². The number of aliphatic hydroxyl groups is 1. The summed E-state index contributed by atoms with van der Waals surface area (Å²) in [6.07, 6.45) is -0.243. The van der Waals surface area contributed by atoms with Crippen molar-refractivity contribution in [2.75, 3.05) is 13.1 Å². The maximum Gasteiger partial charge on any atom is 0.326 e. The van der Waals surface area contributed by atoms with E-state index in [4.69, 9.17) is 11.5 Å². The fraction of sp³-hybridized carbons (Fsp3) is 0.405. The van der Waals surface area contributed by atoms with Gasteiger partial charge in [-0.2, -0.15) is 0 Å². The van der Waals surface area contributed by atoms with Crippen molar-refractivity contribution in [1.29, 1.82) is 0 Å². The number of carbonyl (C=O) groups is 7. The quantitative estimate of drug-likeness (QED) is 0.0480. The van der Waals surface area contributed by atoms with Crippen LogP contribution in [0.15, 0.2) is 84.9 Å². The van der Waals surface area contributed by atoms with Crippen molar-refractivity contribution >= 4 is 41.4 Å². The van der Waals surface area contributed by atoms with E-state index in [-0.39, 0.29) is 31.4 Å². The normalized spacial score (nSPS) is 14.4. The average molecular weight is 833 g/mol. The topological polar surface area (TPSA) is 304 Å². The predicted molar refractivity (Wildman–Crippen MR) is 221 cm³/mol. The largest absolute Gasteiger partial charge is 0.508 e. The van der Waals surface area contributed by atoms with Gasteiger partial charge < -0.3 is 58.7 Å². The number of amides is 6. The second-order valence-electron chi connectivity index (χ2n) is 14.4. The minimum atomic E-state index is -1.55. The third-order valence-electron chi connectivity index (χ3n) is 9.38. The number of carboxylic acids is 1. The molecule has 7 atom stereocenters. The summed E-state index contributed by atoms with van der Waals surface area (Å²) in [6.45, 7) is 2.33. The van der Waals surface area contributed by atoms with Gasteiger partial charge in [0.1, 0.15) is 36.0 Å². The summed E-state index contributed by atoms with van der Waals surface area (Å²) in [6, 6.07) is 15.8. The Morgan fingerprint density at radius 1 is 0.600 bits per heavy atom. The van der Waals surface area contributed by atoms with Crippen molar-refractivity contribution in [2.24, 2.45) is 11.5 Å². The Morgan fingerprint density at radius 3 is 1.60 bits per heavy atom. The van der Waals surface area contributed by atoms with E-state index in [1.54, 1.807) is 72.8 Å². The predicted octanol–water partition coefficient (Wildman–Crippen LogP) is -1.10. The highest BCUT2D eigenvalue weighted by Gasteiger charge is 2.33. The molecule has 0 aliphatic carbocycles. The molecule has 18 heteroatoms. The Bertz CT molecular complexity index is 1880. The molecule has 3 aromatic carbocycles. The van der Waals surface area contributed by atoms with Crippen LogP contribution < -0.4 is 43.4 Å². The second kappa shape index (κ2) is 24.5. The third-order valence-corrected chi connectivity index (χ3v) is 9.38. The number of unbranched alkanes of at least 4 members (excludes halogenated alkanes) is 1. The van der Waals surface area contributed by atoms with Gasteiger partial charge in [0.05, 0.1) is 18.7 Å². The first kappa shape index (κ1) is 48.0. The van der Waals surface area contributed by atoms with Crippen molar-refractivity contribution in [3.05, 3.63) is 102 Å². The molecule has 324 valence electrons. The average Bonchev–Trinajstić information content (AvgIpc) is 3.22. The van der Waals surface area contributed by atoms with Crippen LogP contribution in [0.4, 0.5) is 0 Å². The molecule has 0 unspecified atom stereocenters. The zero-order valence-corrected chi connectivity index (χ0v) is 33.6. The van der Waals surface area contributed by atoms with Crippen molar-refractivity contribution in [3.8, 4) is 5.75 Å². The maximum absolute atomic E-state index is 14.0. The van der Waals surface area contributed by atoms with Crippen LogP contribution in [0.5, 0.6) is 5.75 Å². The van der Waals surface area contributed by atoms with E-state index < -0.39 is 90.3 Å². The van der Waals surface area contributed by atoms with Gasteiger partial charge in [0, 0.05) is 12.8 Å². The van der Waals surface area contributed by atoms with E-state index >= 15 is 0 Å². The standard InChI is InChI=1S/C42H56N8O10/c1-25(46-41(58)36(26(2)51)50-35(53)24-45-38(55)31(44)21-29-16-18-30(52)19-17-29)37(54)48-33(22-27-11-5-3-6-12-27)40(57)49-34(23-28-13-7-4-8-14-28)39(56)47-32(42(59)60)15-9-10-20-43/h3-8,11-14,16-19,25-26,31-34,36,51-52H,9-10,15,20-24,43-44H2,1-2H3,(H,45,55)(H,46,58)(H,47,56)(H,48,54)(H,49,57)(H,50,53)(H,59,60)/t25-,26+,31-,32-,33-,34-,36-/m0/s1. The van der Waals surface area contributed by atoms with E-state index in [1.807, 2.05) is 0 Å². The summed E-state index contributed by atoms with van der Waals surface area (Å²) >= 11 is 0. The molecule has 0 saturated carbocycles. The molecule has 0 saturated heterocycles. The molecule has 3 rings (SSSR count). The number of aliphatic carboxylic acids is 1. The molecule has 18 nitrogen and oxygen atoms in total. The van der Waals surface area contributed by atoms with Crippen LogP contribution in [0.2, 0.25) is 0 Å². The number of carbonyl (C=O) groups excluding carboxylic acids is 6. The van der Waals surface area contributed by atoms with Crippen LogP contribution in [0.1, 0.15) is 49.8 Å². The number of carboxylic acid groups (broad SMARTS) is 1. The monoisotopic (exact) mass is 832 g/mol. The van der Waals surface area contributed by atoms with Gasteiger partial charge in [-0.25, -0.2) is 4.79 Å². The minimum Gasteiger partial charge on any atom is -0.508 e. The molecular weight excluding hydrogens is 777 g/mol. The van der Waals surface area contributed by atoms with Crippen LogP contribution in [-0.2, 0) is 52.8 Å². The molecule has 60 heavy (non-hydrogen) atoms. The number of phenolic OH excluding ortho intramolecular Hbond substituents is 1. The lowest BCUT2D eigenvalue weighted by Crippen LogP contribution is -2.60. The molecule has 6 amide bonds. The number of rotatable bonds is 24. The van der Waals surface area contributed by atoms with Gasteiger partial charge >= 0.3 is 5.97 Å².